The highest BCUT2D eigenvalue weighted by Crippen LogP contribution is 2.26. The highest BCUT2D eigenvalue weighted by molar-refractivity contribution is 6.30. The van der Waals surface area contributed by atoms with Gasteiger partial charge in [0.1, 0.15) is 0 Å². The molecule has 0 aromatic heterocycles. The molecule has 1 atom stereocenters. The number of halogens is 1. The fourth-order valence-corrected chi connectivity index (χ4v) is 2.80. The lowest BCUT2D eigenvalue weighted by Gasteiger charge is -2.23. The Morgan fingerprint density at radius 3 is 2.21 bits per heavy atom. The number of benzene rings is 2. The molecule has 0 aliphatic heterocycles. The van der Waals surface area contributed by atoms with Crippen molar-refractivity contribution >= 4 is 23.7 Å². The highest BCUT2D eigenvalue weighted by atomic mass is 35.5. The summed E-state index contributed by atoms with van der Waals surface area (Å²) in [5, 5.41) is 6.47. The number of alkyl carbamates (subject to hydrolysis) is 1. The Balaban J connectivity index is 2.42. The monoisotopic (exact) mass is 402 g/mol. The molecule has 2 N–H and O–H groups in total. The van der Waals surface area contributed by atoms with E-state index in [1.54, 1.807) is 31.2 Å². The molecule has 2 aromatic carbocycles. The van der Waals surface area contributed by atoms with E-state index >= 15 is 0 Å². The smallest absolute Gasteiger partial charge is 0.407 e. The number of carbonyl (C=O) groups is 2. The lowest BCUT2D eigenvalue weighted by atomic mass is 9.97. The predicted octanol–water partition coefficient (Wildman–Crippen LogP) is 3.97. The third-order valence-electron chi connectivity index (χ3n) is 4.15. The van der Waals surface area contributed by atoms with E-state index in [2.05, 4.69) is 10.6 Å². The Morgan fingerprint density at radius 1 is 1.00 bits per heavy atom. The molecular weight excluding hydrogens is 380 g/mol. The topological polar surface area (TPSA) is 76.7 Å². The minimum Gasteiger partial charge on any atom is -0.466 e. The molecule has 7 heteroatoms. The van der Waals surface area contributed by atoms with Crippen molar-refractivity contribution in [3.8, 4) is 0 Å². The molecule has 2 rings (SSSR count). The normalized spacial score (nSPS) is 12.4. The third-order valence-corrected chi connectivity index (χ3v) is 4.40. The van der Waals surface area contributed by atoms with Gasteiger partial charge in [-0.3, -0.25) is 0 Å². The van der Waals surface area contributed by atoms with Gasteiger partial charge in [-0.2, -0.15) is 0 Å². The lowest BCUT2D eigenvalue weighted by Crippen LogP contribution is -2.34. The number of nitrogens with one attached hydrogen (secondary N) is 2. The quantitative estimate of drug-likeness (QED) is 0.541. The summed E-state index contributed by atoms with van der Waals surface area (Å²) < 4.78 is 9.70. The van der Waals surface area contributed by atoms with Gasteiger partial charge in [-0.05, 0) is 30.2 Å². The van der Waals surface area contributed by atoms with Crippen molar-refractivity contribution in [2.75, 3.05) is 14.2 Å². The van der Waals surface area contributed by atoms with Gasteiger partial charge in [0.2, 0.25) is 0 Å². The number of amides is 1. The first-order valence-electron chi connectivity index (χ1n) is 8.63. The Labute approximate surface area is 169 Å². The molecule has 0 saturated carbocycles. The summed E-state index contributed by atoms with van der Waals surface area (Å²) in [6.45, 7) is 2.27. The summed E-state index contributed by atoms with van der Waals surface area (Å²) in [5.41, 5.74) is 2.56. The van der Waals surface area contributed by atoms with Crippen molar-refractivity contribution in [2.45, 2.75) is 19.5 Å². The zero-order valence-electron chi connectivity index (χ0n) is 16.0. The van der Waals surface area contributed by atoms with E-state index in [-0.39, 0.29) is 5.57 Å². The van der Waals surface area contributed by atoms with E-state index in [1.165, 1.54) is 14.2 Å². The van der Waals surface area contributed by atoms with Gasteiger partial charge >= 0.3 is 12.1 Å². The molecule has 0 heterocycles. The van der Waals surface area contributed by atoms with Crippen LogP contribution < -0.4 is 10.6 Å². The first-order valence-corrected chi connectivity index (χ1v) is 9.01. The van der Waals surface area contributed by atoms with E-state index in [4.69, 9.17) is 21.1 Å². The maximum absolute atomic E-state index is 12.6. The van der Waals surface area contributed by atoms with Crippen LogP contribution in [0.15, 0.2) is 65.9 Å². The zero-order valence-corrected chi connectivity index (χ0v) is 16.7. The van der Waals surface area contributed by atoms with Gasteiger partial charge in [0.05, 0.1) is 25.8 Å². The molecule has 2 aromatic rings. The molecule has 0 fully saturated rings. The number of carbonyl (C=O) groups excluding carboxylic acids is 2. The molecule has 0 radical (unpaired) electrons. The van der Waals surface area contributed by atoms with Crippen molar-refractivity contribution in [3.05, 3.63) is 82.0 Å². The van der Waals surface area contributed by atoms with Crippen molar-refractivity contribution < 1.29 is 19.1 Å². The maximum atomic E-state index is 12.6. The van der Waals surface area contributed by atoms with Crippen molar-refractivity contribution in [2.24, 2.45) is 0 Å². The predicted molar refractivity (Wildman–Crippen MR) is 108 cm³/mol. The second-order valence-corrected chi connectivity index (χ2v) is 6.43. The van der Waals surface area contributed by atoms with E-state index < -0.39 is 18.1 Å². The average Bonchev–Trinajstić information content (AvgIpc) is 2.72. The maximum Gasteiger partial charge on any atom is 0.407 e. The standard InChI is InChI=1S/C21H23ClN2O4/c1-14(23-13-15-7-5-4-6-8-15)18(20(25)27-2)19(24-21(26)28-3)16-9-11-17(22)12-10-16/h4-12,19,23H,13H2,1-3H3,(H,24,26)/t19-/m0/s1. The molecule has 28 heavy (non-hydrogen) atoms. The molecule has 1 amide bonds. The second kappa shape index (κ2) is 10.4. The van der Waals surface area contributed by atoms with Crippen molar-refractivity contribution in [1.82, 2.24) is 10.6 Å². The number of rotatable bonds is 7. The fraction of sp³-hybridized carbons (Fsp3) is 0.238. The van der Waals surface area contributed by atoms with Crippen LogP contribution in [0.2, 0.25) is 5.02 Å². The third kappa shape index (κ3) is 5.76. The first-order chi connectivity index (χ1) is 13.5. The Morgan fingerprint density at radius 2 is 1.64 bits per heavy atom. The van der Waals surface area contributed by atoms with Crippen LogP contribution in [0.5, 0.6) is 0 Å². The van der Waals surface area contributed by atoms with Crippen LogP contribution in [0, 0.1) is 0 Å². The van der Waals surface area contributed by atoms with Crippen LogP contribution in [-0.2, 0) is 20.8 Å². The number of methoxy groups -OCH3 is 2. The van der Waals surface area contributed by atoms with Gasteiger partial charge in [0.15, 0.2) is 0 Å². The molecule has 0 spiro atoms. The molecule has 0 aliphatic carbocycles. The summed E-state index contributed by atoms with van der Waals surface area (Å²) in [7, 11) is 2.56. The summed E-state index contributed by atoms with van der Waals surface area (Å²) in [6.07, 6.45) is -0.669. The molecule has 0 bridgehead atoms. The number of allylic oxidation sites excluding steroid dienone is 1. The Hall–Kier alpha value is -2.99. The number of hydrogen-bond acceptors (Lipinski definition) is 5. The number of hydrogen-bond donors (Lipinski definition) is 2. The largest absolute Gasteiger partial charge is 0.466 e. The Kier molecular flexibility index (Phi) is 7.89. The van der Waals surface area contributed by atoms with E-state index in [9.17, 15) is 9.59 Å². The summed E-state index contributed by atoms with van der Waals surface area (Å²) in [6, 6.07) is 15.8. The van der Waals surface area contributed by atoms with Gasteiger partial charge in [0.25, 0.3) is 0 Å². The second-order valence-electron chi connectivity index (χ2n) is 5.99. The fourth-order valence-electron chi connectivity index (χ4n) is 2.68. The van der Waals surface area contributed by atoms with Gasteiger partial charge in [-0.15, -0.1) is 0 Å². The van der Waals surface area contributed by atoms with Crippen LogP contribution in [0.3, 0.4) is 0 Å². The minimum absolute atomic E-state index is 0.270. The summed E-state index contributed by atoms with van der Waals surface area (Å²) in [4.78, 5) is 24.5. The SMILES string of the molecule is COC(=O)N[C@H](C(C(=O)OC)=C(C)NCc1ccccc1)c1ccc(Cl)cc1. The summed E-state index contributed by atoms with van der Waals surface area (Å²) in [5.74, 6) is -0.561. The molecule has 0 saturated heterocycles. The van der Waals surface area contributed by atoms with Gasteiger partial charge in [-0.1, -0.05) is 54.1 Å². The van der Waals surface area contributed by atoms with Crippen molar-refractivity contribution in [3.63, 3.8) is 0 Å². The van der Waals surface area contributed by atoms with E-state index in [1.807, 2.05) is 30.3 Å². The summed E-state index contributed by atoms with van der Waals surface area (Å²) >= 11 is 5.97. The molecule has 0 unspecified atom stereocenters. The van der Waals surface area contributed by atoms with Crippen LogP contribution in [0.25, 0.3) is 0 Å². The van der Waals surface area contributed by atoms with Crippen molar-refractivity contribution in [1.29, 1.82) is 0 Å². The number of esters is 1. The minimum atomic E-state index is -0.777. The van der Waals surface area contributed by atoms with E-state index in [0.717, 1.165) is 5.56 Å². The Bertz CT molecular complexity index is 835. The van der Waals surface area contributed by atoms with Crippen LogP contribution in [0.4, 0.5) is 4.79 Å². The molecule has 0 aliphatic rings. The van der Waals surface area contributed by atoms with Gasteiger partial charge in [-0.25, -0.2) is 9.59 Å². The lowest BCUT2D eigenvalue weighted by molar-refractivity contribution is -0.136. The number of ether oxygens (including phenoxy) is 2. The van der Waals surface area contributed by atoms with Crippen LogP contribution >= 0.6 is 11.6 Å². The molecular formula is C21H23ClN2O4. The van der Waals surface area contributed by atoms with Crippen LogP contribution in [-0.4, -0.2) is 26.3 Å². The van der Waals surface area contributed by atoms with Gasteiger partial charge in [0, 0.05) is 17.3 Å². The first kappa shape index (κ1) is 21.3. The highest BCUT2D eigenvalue weighted by Gasteiger charge is 2.28. The average molecular weight is 403 g/mol. The zero-order chi connectivity index (χ0) is 20.5. The van der Waals surface area contributed by atoms with E-state index in [0.29, 0.717) is 22.8 Å². The van der Waals surface area contributed by atoms with Crippen LogP contribution in [0.1, 0.15) is 24.1 Å². The van der Waals surface area contributed by atoms with Gasteiger partial charge < -0.3 is 20.1 Å². The molecule has 148 valence electrons. The molecule has 6 nitrogen and oxygen atoms in total.